The summed E-state index contributed by atoms with van der Waals surface area (Å²) in [7, 11) is 0. The molecule has 1 heterocycles. The van der Waals surface area contributed by atoms with Gasteiger partial charge in [-0.05, 0) is 65.3 Å². The van der Waals surface area contributed by atoms with Crippen LogP contribution in [0, 0.1) is 0 Å². The van der Waals surface area contributed by atoms with Crippen LogP contribution >= 0.6 is 0 Å². The maximum Gasteiger partial charge on any atom is 0.349 e. The Balaban J connectivity index is 2.03. The Hall–Kier alpha value is -2.34. The molecule has 0 unspecified atom stereocenters. The van der Waals surface area contributed by atoms with E-state index in [2.05, 4.69) is 4.98 Å². The second-order valence-electron chi connectivity index (χ2n) is 7.59. The maximum atomic E-state index is 11.9. The number of imidazole rings is 1. The van der Waals surface area contributed by atoms with Crippen molar-refractivity contribution in [3.05, 3.63) is 36.8 Å². The summed E-state index contributed by atoms with van der Waals surface area (Å²) in [6.07, 6.45) is 4.69. The second kappa shape index (κ2) is 7.91. The fourth-order valence-corrected chi connectivity index (χ4v) is 2.38. The molecule has 0 saturated carbocycles. The molecule has 0 bridgehead atoms. The largest absolute Gasteiger partial charge is 0.476 e. The summed E-state index contributed by atoms with van der Waals surface area (Å²) in [4.78, 5) is 16.4. The number of benzene rings is 1. The van der Waals surface area contributed by atoms with E-state index in [-0.39, 0.29) is 11.5 Å². The first-order valence-corrected chi connectivity index (χ1v) is 8.88. The lowest BCUT2D eigenvalue weighted by molar-refractivity contribution is -0.158. The lowest BCUT2D eigenvalue weighted by Gasteiger charge is -2.24. The van der Waals surface area contributed by atoms with E-state index in [1.807, 2.05) is 55.2 Å². The summed E-state index contributed by atoms with van der Waals surface area (Å²) < 4.78 is 12.9. The van der Waals surface area contributed by atoms with Gasteiger partial charge in [0.05, 0.1) is 18.6 Å². The minimum atomic E-state index is -1.03. The van der Waals surface area contributed by atoms with Gasteiger partial charge in [-0.15, -0.1) is 0 Å². The van der Waals surface area contributed by atoms with E-state index in [1.165, 1.54) is 0 Å². The third kappa shape index (κ3) is 5.59. The van der Waals surface area contributed by atoms with Crippen LogP contribution < -0.4 is 10.5 Å². The third-order valence-electron chi connectivity index (χ3n) is 3.94. The highest BCUT2D eigenvalue weighted by Gasteiger charge is 2.31. The van der Waals surface area contributed by atoms with Crippen molar-refractivity contribution in [2.75, 3.05) is 6.61 Å². The molecule has 0 aliphatic heterocycles. The summed E-state index contributed by atoms with van der Waals surface area (Å²) in [6.45, 7) is 10.3. The molecule has 6 heteroatoms. The first-order valence-electron chi connectivity index (χ1n) is 8.88. The monoisotopic (exact) mass is 359 g/mol. The number of hydrogen-bond donors (Lipinski definition) is 1. The van der Waals surface area contributed by atoms with Gasteiger partial charge in [0.25, 0.3) is 0 Å². The summed E-state index contributed by atoms with van der Waals surface area (Å²) in [6, 6.07) is 7.52. The van der Waals surface area contributed by atoms with Crippen LogP contribution in [-0.4, -0.2) is 33.3 Å². The normalized spacial score (nSPS) is 12.1. The number of carbonyl (C=O) groups is 1. The van der Waals surface area contributed by atoms with Crippen molar-refractivity contribution in [1.82, 2.24) is 9.55 Å². The number of nitrogens with two attached hydrogens (primary N) is 1. The van der Waals surface area contributed by atoms with Gasteiger partial charge in [0.2, 0.25) is 0 Å². The zero-order chi connectivity index (χ0) is 19.4. The van der Waals surface area contributed by atoms with Crippen LogP contribution in [-0.2, 0) is 16.1 Å². The standard InChI is InChI=1S/C20H29N3O3/c1-6-25-18(24)20(4,5)26-16-9-7-15(8-10-16)17-13-23(14-22-17)12-11-19(2,3)21/h7-10,13-14H,6,11-12,21H2,1-5H3. The summed E-state index contributed by atoms with van der Waals surface area (Å²) in [5, 5.41) is 0. The van der Waals surface area contributed by atoms with Gasteiger partial charge in [-0.1, -0.05) is 0 Å². The molecular weight excluding hydrogens is 330 g/mol. The Labute approximate surface area is 155 Å². The summed E-state index contributed by atoms with van der Waals surface area (Å²) in [5.74, 6) is 0.224. The highest BCUT2D eigenvalue weighted by atomic mass is 16.6. The van der Waals surface area contributed by atoms with Crippen molar-refractivity contribution in [2.24, 2.45) is 5.73 Å². The molecule has 0 amide bonds. The van der Waals surface area contributed by atoms with Crippen LogP contribution in [0.4, 0.5) is 0 Å². The van der Waals surface area contributed by atoms with E-state index in [0.29, 0.717) is 12.4 Å². The van der Waals surface area contributed by atoms with Crippen LogP contribution in [0.3, 0.4) is 0 Å². The number of aromatic nitrogens is 2. The maximum absolute atomic E-state index is 11.9. The van der Waals surface area contributed by atoms with Crippen LogP contribution in [0.2, 0.25) is 0 Å². The SMILES string of the molecule is CCOC(=O)C(C)(C)Oc1ccc(-c2cn(CCC(C)(C)N)cn2)cc1. The average Bonchev–Trinajstić information content (AvgIpc) is 3.02. The van der Waals surface area contributed by atoms with E-state index < -0.39 is 5.60 Å². The zero-order valence-corrected chi connectivity index (χ0v) is 16.3. The minimum Gasteiger partial charge on any atom is -0.476 e. The number of rotatable bonds is 8. The fourth-order valence-electron chi connectivity index (χ4n) is 2.38. The lowest BCUT2D eigenvalue weighted by atomic mass is 10.0. The molecule has 2 aromatic rings. The van der Waals surface area contributed by atoms with Crippen LogP contribution in [0.15, 0.2) is 36.8 Å². The topological polar surface area (TPSA) is 79.4 Å². The van der Waals surface area contributed by atoms with Gasteiger partial charge in [0, 0.05) is 23.8 Å². The number of aryl methyl sites for hydroxylation is 1. The third-order valence-corrected chi connectivity index (χ3v) is 3.94. The number of ether oxygens (including phenoxy) is 2. The minimum absolute atomic E-state index is 0.199. The Morgan fingerprint density at radius 1 is 1.19 bits per heavy atom. The Morgan fingerprint density at radius 3 is 2.42 bits per heavy atom. The van der Waals surface area contributed by atoms with E-state index in [0.717, 1.165) is 24.2 Å². The summed E-state index contributed by atoms with van der Waals surface area (Å²) >= 11 is 0. The van der Waals surface area contributed by atoms with Gasteiger partial charge in [0.15, 0.2) is 5.60 Å². The molecule has 142 valence electrons. The first-order chi connectivity index (χ1) is 12.1. The molecule has 0 fully saturated rings. The van der Waals surface area contributed by atoms with Crippen LogP contribution in [0.25, 0.3) is 11.3 Å². The molecule has 0 spiro atoms. The van der Waals surface area contributed by atoms with Crippen molar-refractivity contribution < 1.29 is 14.3 Å². The van der Waals surface area contributed by atoms with E-state index >= 15 is 0 Å². The van der Waals surface area contributed by atoms with Crippen molar-refractivity contribution >= 4 is 5.97 Å². The highest BCUT2D eigenvalue weighted by Crippen LogP contribution is 2.24. The molecule has 1 aromatic heterocycles. The van der Waals surface area contributed by atoms with E-state index in [9.17, 15) is 4.79 Å². The van der Waals surface area contributed by atoms with Crippen molar-refractivity contribution in [3.8, 4) is 17.0 Å². The van der Waals surface area contributed by atoms with Gasteiger partial charge in [0.1, 0.15) is 5.75 Å². The lowest BCUT2D eigenvalue weighted by Crippen LogP contribution is -2.39. The quantitative estimate of drug-likeness (QED) is 0.731. The number of hydrogen-bond acceptors (Lipinski definition) is 5. The van der Waals surface area contributed by atoms with Crippen molar-refractivity contribution in [2.45, 2.75) is 58.7 Å². The van der Waals surface area contributed by atoms with Gasteiger partial charge in [-0.2, -0.15) is 0 Å². The van der Waals surface area contributed by atoms with Gasteiger partial charge in [-0.25, -0.2) is 9.78 Å². The molecule has 2 N–H and O–H groups in total. The van der Waals surface area contributed by atoms with Crippen LogP contribution in [0.1, 0.15) is 41.0 Å². The fraction of sp³-hybridized carbons (Fsp3) is 0.500. The second-order valence-corrected chi connectivity index (χ2v) is 7.59. The molecule has 26 heavy (non-hydrogen) atoms. The Morgan fingerprint density at radius 2 is 1.85 bits per heavy atom. The van der Waals surface area contributed by atoms with Crippen molar-refractivity contribution in [1.29, 1.82) is 0 Å². The zero-order valence-electron chi connectivity index (χ0n) is 16.3. The van der Waals surface area contributed by atoms with E-state index in [1.54, 1.807) is 20.8 Å². The average molecular weight is 359 g/mol. The van der Waals surface area contributed by atoms with Gasteiger partial charge < -0.3 is 19.8 Å². The highest BCUT2D eigenvalue weighted by molar-refractivity contribution is 5.79. The molecular formula is C20H29N3O3. The number of carbonyl (C=O) groups excluding carboxylic acids is 1. The Kier molecular flexibility index (Phi) is 6.08. The van der Waals surface area contributed by atoms with Gasteiger partial charge >= 0.3 is 5.97 Å². The molecule has 1 aromatic carbocycles. The van der Waals surface area contributed by atoms with E-state index in [4.69, 9.17) is 15.2 Å². The molecule has 0 aliphatic carbocycles. The molecule has 0 aliphatic rings. The van der Waals surface area contributed by atoms with Crippen molar-refractivity contribution in [3.63, 3.8) is 0 Å². The van der Waals surface area contributed by atoms with Crippen LogP contribution in [0.5, 0.6) is 5.75 Å². The molecule has 0 radical (unpaired) electrons. The molecule has 6 nitrogen and oxygen atoms in total. The number of nitrogens with zero attached hydrogens (tertiary/aromatic N) is 2. The first kappa shape index (κ1) is 20.0. The Bertz CT molecular complexity index is 728. The summed E-state index contributed by atoms with van der Waals surface area (Å²) in [5.41, 5.74) is 6.66. The van der Waals surface area contributed by atoms with Gasteiger partial charge in [-0.3, -0.25) is 0 Å². The molecule has 0 atom stereocenters. The molecule has 0 saturated heterocycles. The number of esters is 1. The molecule has 2 rings (SSSR count). The predicted molar refractivity (Wildman–Crippen MR) is 102 cm³/mol. The predicted octanol–water partition coefficient (Wildman–Crippen LogP) is 3.40. The smallest absolute Gasteiger partial charge is 0.349 e.